The SMILES string of the molecule is CC[C@H](NC(=O)CN1CCOC1=O)c1cn2cccnc2n1. The minimum Gasteiger partial charge on any atom is -0.448 e. The quantitative estimate of drug-likeness (QED) is 0.880. The van der Waals surface area contributed by atoms with Crippen molar-refractivity contribution in [2.75, 3.05) is 19.7 Å². The predicted octanol–water partition coefficient (Wildman–Crippen LogP) is 0.749. The van der Waals surface area contributed by atoms with Crippen molar-refractivity contribution in [3.63, 3.8) is 0 Å². The van der Waals surface area contributed by atoms with Crippen LogP contribution in [0.3, 0.4) is 0 Å². The lowest BCUT2D eigenvalue weighted by Crippen LogP contribution is -2.39. The zero-order chi connectivity index (χ0) is 15.5. The van der Waals surface area contributed by atoms with Crippen LogP contribution in [0.15, 0.2) is 24.7 Å². The van der Waals surface area contributed by atoms with Crippen LogP contribution < -0.4 is 5.32 Å². The van der Waals surface area contributed by atoms with Crippen molar-refractivity contribution in [1.82, 2.24) is 24.6 Å². The monoisotopic (exact) mass is 303 g/mol. The molecule has 3 heterocycles. The summed E-state index contributed by atoms with van der Waals surface area (Å²) in [5.74, 6) is 0.365. The summed E-state index contributed by atoms with van der Waals surface area (Å²) in [6, 6.07) is 1.60. The largest absolute Gasteiger partial charge is 0.448 e. The van der Waals surface area contributed by atoms with Crippen molar-refractivity contribution in [1.29, 1.82) is 0 Å². The molecule has 2 aromatic heterocycles. The first kappa shape index (κ1) is 14.3. The molecule has 1 saturated heterocycles. The summed E-state index contributed by atoms with van der Waals surface area (Å²) >= 11 is 0. The van der Waals surface area contributed by atoms with Crippen LogP contribution in [-0.2, 0) is 9.53 Å². The van der Waals surface area contributed by atoms with Crippen LogP contribution in [0.2, 0.25) is 0 Å². The Labute approximate surface area is 127 Å². The Morgan fingerprint density at radius 3 is 3.09 bits per heavy atom. The Morgan fingerprint density at radius 1 is 1.55 bits per heavy atom. The molecule has 3 rings (SSSR count). The van der Waals surface area contributed by atoms with Gasteiger partial charge in [0.15, 0.2) is 0 Å². The standard InChI is InChI=1S/C14H17N5O3/c1-2-10(11-8-18-5-3-4-15-13(18)17-11)16-12(20)9-19-6-7-22-14(19)21/h3-5,8,10H,2,6-7,9H2,1H3,(H,16,20)/t10-/m0/s1. The van der Waals surface area contributed by atoms with Crippen molar-refractivity contribution in [3.05, 3.63) is 30.4 Å². The van der Waals surface area contributed by atoms with Gasteiger partial charge < -0.3 is 10.1 Å². The lowest BCUT2D eigenvalue weighted by Gasteiger charge is -2.17. The molecule has 1 aliphatic heterocycles. The normalized spacial score (nSPS) is 15.9. The van der Waals surface area contributed by atoms with Crippen LogP contribution in [0.5, 0.6) is 0 Å². The lowest BCUT2D eigenvalue weighted by molar-refractivity contribution is -0.122. The van der Waals surface area contributed by atoms with Crippen molar-refractivity contribution < 1.29 is 14.3 Å². The summed E-state index contributed by atoms with van der Waals surface area (Å²) in [6.45, 7) is 2.75. The third-order valence-electron chi connectivity index (χ3n) is 3.53. The highest BCUT2D eigenvalue weighted by atomic mass is 16.6. The average Bonchev–Trinajstić information content (AvgIpc) is 3.11. The number of nitrogens with zero attached hydrogens (tertiary/aromatic N) is 4. The number of aromatic nitrogens is 3. The first-order valence-corrected chi connectivity index (χ1v) is 7.18. The molecule has 1 fully saturated rings. The number of ether oxygens (including phenoxy) is 1. The molecule has 0 unspecified atom stereocenters. The second-order valence-corrected chi connectivity index (χ2v) is 5.06. The molecule has 0 aliphatic carbocycles. The van der Waals surface area contributed by atoms with Crippen LogP contribution in [0.1, 0.15) is 25.1 Å². The fourth-order valence-electron chi connectivity index (χ4n) is 2.38. The number of carbonyl (C=O) groups excluding carboxylic acids is 2. The minimum absolute atomic E-state index is 0.000947. The molecule has 22 heavy (non-hydrogen) atoms. The fourth-order valence-corrected chi connectivity index (χ4v) is 2.38. The summed E-state index contributed by atoms with van der Waals surface area (Å²) in [4.78, 5) is 33.4. The molecule has 1 atom stereocenters. The third-order valence-corrected chi connectivity index (χ3v) is 3.53. The number of hydrogen-bond donors (Lipinski definition) is 1. The van der Waals surface area contributed by atoms with Gasteiger partial charge in [-0.1, -0.05) is 6.92 Å². The van der Waals surface area contributed by atoms with Gasteiger partial charge in [0, 0.05) is 18.6 Å². The molecule has 2 aromatic rings. The maximum atomic E-state index is 12.1. The van der Waals surface area contributed by atoms with Crippen molar-refractivity contribution >= 4 is 17.8 Å². The van der Waals surface area contributed by atoms with Gasteiger partial charge in [0.2, 0.25) is 11.7 Å². The Bertz CT molecular complexity index is 666. The molecular formula is C14H17N5O3. The molecule has 2 amide bonds. The van der Waals surface area contributed by atoms with Gasteiger partial charge in [0.1, 0.15) is 13.2 Å². The first-order chi connectivity index (χ1) is 10.7. The van der Waals surface area contributed by atoms with E-state index in [1.807, 2.05) is 29.8 Å². The van der Waals surface area contributed by atoms with Gasteiger partial charge in [-0.25, -0.2) is 14.8 Å². The van der Waals surface area contributed by atoms with Gasteiger partial charge in [-0.05, 0) is 12.5 Å². The molecular weight excluding hydrogens is 286 g/mol. The van der Waals surface area contributed by atoms with Crippen LogP contribution in [0.4, 0.5) is 4.79 Å². The van der Waals surface area contributed by atoms with E-state index in [9.17, 15) is 9.59 Å². The maximum absolute atomic E-state index is 12.1. The van der Waals surface area contributed by atoms with E-state index in [0.717, 1.165) is 5.69 Å². The molecule has 0 radical (unpaired) electrons. The number of imidazole rings is 1. The highest BCUT2D eigenvalue weighted by Gasteiger charge is 2.25. The molecule has 116 valence electrons. The molecule has 8 nitrogen and oxygen atoms in total. The summed E-state index contributed by atoms with van der Waals surface area (Å²) in [7, 11) is 0. The van der Waals surface area contributed by atoms with E-state index < -0.39 is 6.09 Å². The van der Waals surface area contributed by atoms with Crippen LogP contribution in [0.25, 0.3) is 5.78 Å². The Morgan fingerprint density at radius 2 is 2.41 bits per heavy atom. The van der Waals surface area contributed by atoms with Crippen LogP contribution in [-0.4, -0.2) is 51.0 Å². The van der Waals surface area contributed by atoms with E-state index in [-0.39, 0.29) is 18.5 Å². The van der Waals surface area contributed by atoms with E-state index in [4.69, 9.17) is 4.74 Å². The Balaban J connectivity index is 1.68. The van der Waals surface area contributed by atoms with Crippen LogP contribution in [0, 0.1) is 0 Å². The molecule has 1 N–H and O–H groups in total. The minimum atomic E-state index is -0.444. The smallest absolute Gasteiger partial charge is 0.410 e. The number of rotatable bonds is 5. The number of nitrogens with one attached hydrogen (secondary N) is 1. The maximum Gasteiger partial charge on any atom is 0.410 e. The van der Waals surface area contributed by atoms with Gasteiger partial charge in [0.25, 0.3) is 0 Å². The summed E-state index contributed by atoms with van der Waals surface area (Å²) in [5, 5.41) is 2.90. The number of hydrogen-bond acceptors (Lipinski definition) is 5. The van der Waals surface area contributed by atoms with Gasteiger partial charge in [-0.2, -0.15) is 0 Å². The highest BCUT2D eigenvalue weighted by molar-refractivity contribution is 5.83. The van der Waals surface area contributed by atoms with Crippen molar-refractivity contribution in [2.45, 2.75) is 19.4 Å². The molecule has 0 aromatic carbocycles. The Kier molecular flexibility index (Phi) is 3.90. The molecule has 0 bridgehead atoms. The topological polar surface area (TPSA) is 88.8 Å². The highest BCUT2D eigenvalue weighted by Crippen LogP contribution is 2.16. The molecule has 8 heteroatoms. The molecule has 0 spiro atoms. The zero-order valence-corrected chi connectivity index (χ0v) is 12.2. The second-order valence-electron chi connectivity index (χ2n) is 5.06. The average molecular weight is 303 g/mol. The Hall–Kier alpha value is -2.64. The summed E-state index contributed by atoms with van der Waals surface area (Å²) in [6.07, 6.45) is 5.62. The second kappa shape index (κ2) is 6.00. The predicted molar refractivity (Wildman–Crippen MR) is 77.1 cm³/mol. The number of cyclic esters (lactones) is 1. The zero-order valence-electron chi connectivity index (χ0n) is 12.2. The number of carbonyl (C=O) groups is 2. The number of amides is 2. The van der Waals surface area contributed by atoms with Gasteiger partial charge in [-0.15, -0.1) is 0 Å². The summed E-state index contributed by atoms with van der Waals surface area (Å²) < 4.78 is 6.61. The van der Waals surface area contributed by atoms with Crippen molar-refractivity contribution in [3.8, 4) is 0 Å². The van der Waals surface area contributed by atoms with E-state index in [1.54, 1.807) is 6.20 Å². The fraction of sp³-hybridized carbons (Fsp3) is 0.429. The van der Waals surface area contributed by atoms with Gasteiger partial charge in [-0.3, -0.25) is 14.1 Å². The van der Waals surface area contributed by atoms with E-state index in [0.29, 0.717) is 25.4 Å². The lowest BCUT2D eigenvalue weighted by atomic mass is 10.1. The third kappa shape index (κ3) is 2.85. The first-order valence-electron chi connectivity index (χ1n) is 7.18. The van der Waals surface area contributed by atoms with E-state index >= 15 is 0 Å². The van der Waals surface area contributed by atoms with Gasteiger partial charge >= 0.3 is 6.09 Å². The van der Waals surface area contributed by atoms with Gasteiger partial charge in [0.05, 0.1) is 18.3 Å². The number of fused-ring (bicyclic) bond motifs is 1. The van der Waals surface area contributed by atoms with E-state index in [2.05, 4.69) is 15.3 Å². The van der Waals surface area contributed by atoms with Crippen molar-refractivity contribution in [2.24, 2.45) is 0 Å². The molecule has 1 aliphatic rings. The summed E-state index contributed by atoms with van der Waals surface area (Å²) in [5.41, 5.74) is 0.749. The van der Waals surface area contributed by atoms with Crippen LogP contribution >= 0.6 is 0 Å². The van der Waals surface area contributed by atoms with E-state index in [1.165, 1.54) is 4.90 Å². The molecule has 0 saturated carbocycles.